The first kappa shape index (κ1) is 21.8. The molecule has 10 heteroatoms. The zero-order valence-corrected chi connectivity index (χ0v) is 18.1. The fourth-order valence-corrected chi connectivity index (χ4v) is 4.95. The molecule has 3 aromatic rings. The van der Waals surface area contributed by atoms with E-state index in [9.17, 15) is 18.0 Å². The fraction of sp³-hybridized carbons (Fsp3) is 0.273. The molecule has 0 spiro atoms. The van der Waals surface area contributed by atoms with Crippen LogP contribution in [0.15, 0.2) is 66.1 Å². The van der Waals surface area contributed by atoms with Crippen LogP contribution in [0, 0.1) is 0 Å². The van der Waals surface area contributed by atoms with E-state index in [0.717, 1.165) is 18.4 Å². The monoisotopic (exact) mass is 454 g/mol. The first-order chi connectivity index (χ1) is 15.4. The summed E-state index contributed by atoms with van der Waals surface area (Å²) in [6, 6.07) is 12.5. The lowest BCUT2D eigenvalue weighted by Gasteiger charge is -2.15. The van der Waals surface area contributed by atoms with E-state index in [0.29, 0.717) is 25.2 Å². The van der Waals surface area contributed by atoms with Gasteiger partial charge >= 0.3 is 5.97 Å². The Balaban J connectivity index is 1.32. The SMILES string of the molecule is O=C(COC(=O)c1ccc(Cn2cncn2)cc1)c1ccc(S(=O)(=O)N2CCCC2)cc1. The Bertz CT molecular complexity index is 1180. The van der Waals surface area contributed by atoms with Gasteiger partial charge in [0.05, 0.1) is 17.0 Å². The van der Waals surface area contributed by atoms with Gasteiger partial charge in [-0.1, -0.05) is 12.1 Å². The molecule has 0 aliphatic carbocycles. The number of hydrogen-bond acceptors (Lipinski definition) is 7. The van der Waals surface area contributed by atoms with Crippen molar-refractivity contribution in [1.29, 1.82) is 0 Å². The molecule has 1 saturated heterocycles. The van der Waals surface area contributed by atoms with Crippen LogP contribution in [0.25, 0.3) is 0 Å². The molecule has 0 saturated carbocycles. The molecule has 4 rings (SSSR count). The van der Waals surface area contributed by atoms with E-state index in [2.05, 4.69) is 10.1 Å². The maximum absolute atomic E-state index is 12.6. The van der Waals surface area contributed by atoms with Crippen molar-refractivity contribution >= 4 is 21.8 Å². The minimum atomic E-state index is -3.54. The van der Waals surface area contributed by atoms with Crippen LogP contribution in [0.2, 0.25) is 0 Å². The van der Waals surface area contributed by atoms with Crippen molar-refractivity contribution in [2.45, 2.75) is 24.3 Å². The Morgan fingerprint density at radius 2 is 1.59 bits per heavy atom. The van der Waals surface area contributed by atoms with Crippen LogP contribution >= 0.6 is 0 Å². The van der Waals surface area contributed by atoms with E-state index < -0.39 is 28.4 Å². The van der Waals surface area contributed by atoms with E-state index >= 15 is 0 Å². The van der Waals surface area contributed by atoms with Crippen molar-refractivity contribution in [2.75, 3.05) is 19.7 Å². The number of ketones is 1. The maximum Gasteiger partial charge on any atom is 0.338 e. The molecule has 0 radical (unpaired) electrons. The molecule has 0 bridgehead atoms. The largest absolute Gasteiger partial charge is 0.454 e. The number of hydrogen-bond donors (Lipinski definition) is 0. The average Bonchev–Trinajstić information content (AvgIpc) is 3.53. The van der Waals surface area contributed by atoms with Gasteiger partial charge in [0, 0.05) is 18.7 Å². The van der Waals surface area contributed by atoms with Gasteiger partial charge in [0.1, 0.15) is 12.7 Å². The summed E-state index contributed by atoms with van der Waals surface area (Å²) in [4.78, 5) is 28.7. The molecule has 1 aliphatic heterocycles. The molecular weight excluding hydrogens is 432 g/mol. The highest BCUT2D eigenvalue weighted by atomic mass is 32.2. The lowest BCUT2D eigenvalue weighted by molar-refractivity contribution is 0.0474. The molecule has 0 amide bonds. The topological polar surface area (TPSA) is 111 Å². The number of carbonyl (C=O) groups is 2. The molecule has 1 aromatic heterocycles. The maximum atomic E-state index is 12.6. The number of sulfonamides is 1. The minimum Gasteiger partial charge on any atom is -0.454 e. The second-order valence-corrected chi connectivity index (χ2v) is 9.36. The number of nitrogens with zero attached hydrogens (tertiary/aromatic N) is 4. The summed E-state index contributed by atoms with van der Waals surface area (Å²) >= 11 is 0. The van der Waals surface area contributed by atoms with Gasteiger partial charge in [0.15, 0.2) is 12.4 Å². The highest BCUT2D eigenvalue weighted by Gasteiger charge is 2.27. The van der Waals surface area contributed by atoms with Gasteiger partial charge < -0.3 is 4.74 Å². The lowest BCUT2D eigenvalue weighted by Crippen LogP contribution is -2.27. The third-order valence-electron chi connectivity index (χ3n) is 5.21. The standard InChI is InChI=1S/C22H22N4O5S/c27-21(18-7-9-20(10-8-18)32(29,30)26-11-1-2-12-26)14-31-22(28)19-5-3-17(4-6-19)13-25-16-23-15-24-25/h3-10,15-16H,1-2,11-14H2. The number of ether oxygens (including phenoxy) is 1. The molecule has 2 aromatic carbocycles. The summed E-state index contributed by atoms with van der Waals surface area (Å²) in [5, 5.41) is 4.03. The first-order valence-electron chi connectivity index (χ1n) is 10.2. The molecular formula is C22H22N4O5S. The molecule has 0 unspecified atom stereocenters. The van der Waals surface area contributed by atoms with Crippen LogP contribution in [0.3, 0.4) is 0 Å². The predicted octanol–water partition coefficient (Wildman–Crippen LogP) is 2.15. The van der Waals surface area contributed by atoms with Crippen molar-refractivity contribution < 1.29 is 22.7 Å². The number of benzene rings is 2. The van der Waals surface area contributed by atoms with Crippen LogP contribution in [0.4, 0.5) is 0 Å². The second-order valence-electron chi connectivity index (χ2n) is 7.42. The van der Waals surface area contributed by atoms with E-state index in [4.69, 9.17) is 4.74 Å². The number of rotatable bonds is 8. The van der Waals surface area contributed by atoms with Crippen molar-refractivity contribution in [3.05, 3.63) is 77.9 Å². The Kier molecular flexibility index (Phi) is 6.42. The third kappa shape index (κ3) is 4.92. The summed E-state index contributed by atoms with van der Waals surface area (Å²) in [5.74, 6) is -1.02. The van der Waals surface area contributed by atoms with Crippen LogP contribution in [-0.4, -0.2) is 58.9 Å². The molecule has 32 heavy (non-hydrogen) atoms. The zero-order valence-electron chi connectivity index (χ0n) is 17.3. The van der Waals surface area contributed by atoms with Crippen LogP contribution in [-0.2, 0) is 21.3 Å². The zero-order chi connectivity index (χ0) is 22.6. The Labute approximate surface area is 185 Å². The Morgan fingerprint density at radius 3 is 2.22 bits per heavy atom. The average molecular weight is 455 g/mol. The van der Waals surface area contributed by atoms with Crippen molar-refractivity contribution in [3.63, 3.8) is 0 Å². The fourth-order valence-electron chi connectivity index (χ4n) is 3.44. The summed E-state index contributed by atoms with van der Waals surface area (Å²) in [6.45, 7) is 1.12. The van der Waals surface area contributed by atoms with Crippen molar-refractivity contribution in [1.82, 2.24) is 19.1 Å². The first-order valence-corrected chi connectivity index (χ1v) is 11.6. The van der Waals surface area contributed by atoms with Crippen molar-refractivity contribution in [2.24, 2.45) is 0 Å². The normalized spacial score (nSPS) is 14.4. The molecule has 1 fully saturated rings. The van der Waals surface area contributed by atoms with E-state index in [1.807, 2.05) is 0 Å². The van der Waals surface area contributed by atoms with Crippen LogP contribution in [0.1, 0.15) is 39.1 Å². The van der Waals surface area contributed by atoms with E-state index in [-0.39, 0.29) is 10.5 Å². The molecule has 1 aliphatic rings. The highest BCUT2D eigenvalue weighted by molar-refractivity contribution is 7.89. The molecule has 0 atom stereocenters. The Hall–Kier alpha value is -3.37. The summed E-state index contributed by atoms with van der Waals surface area (Å²) in [5.41, 5.74) is 1.54. The molecule has 2 heterocycles. The van der Waals surface area contributed by atoms with Gasteiger partial charge in [0.2, 0.25) is 10.0 Å². The van der Waals surface area contributed by atoms with Crippen molar-refractivity contribution in [3.8, 4) is 0 Å². The predicted molar refractivity (Wildman–Crippen MR) is 115 cm³/mol. The number of Topliss-reactive ketones (excluding diaryl/α,β-unsaturated/α-hetero) is 1. The van der Waals surface area contributed by atoms with Gasteiger partial charge in [-0.3, -0.25) is 4.79 Å². The lowest BCUT2D eigenvalue weighted by atomic mass is 10.1. The quantitative estimate of drug-likeness (QED) is 0.379. The molecule has 166 valence electrons. The number of esters is 1. The van der Waals surface area contributed by atoms with Gasteiger partial charge in [-0.25, -0.2) is 22.9 Å². The summed E-state index contributed by atoms with van der Waals surface area (Å²) in [7, 11) is -3.54. The molecule has 0 N–H and O–H groups in total. The van der Waals surface area contributed by atoms with Gasteiger partial charge in [-0.05, 0) is 54.8 Å². The van der Waals surface area contributed by atoms with E-state index in [1.165, 1.54) is 34.9 Å². The van der Waals surface area contributed by atoms with E-state index in [1.54, 1.807) is 35.3 Å². The van der Waals surface area contributed by atoms with Gasteiger partial charge in [0.25, 0.3) is 0 Å². The minimum absolute atomic E-state index is 0.152. The summed E-state index contributed by atoms with van der Waals surface area (Å²) < 4.78 is 33.4. The van der Waals surface area contributed by atoms with Gasteiger partial charge in [-0.2, -0.15) is 9.40 Å². The second kappa shape index (κ2) is 9.41. The number of aromatic nitrogens is 3. The molecule has 9 nitrogen and oxygen atoms in total. The Morgan fingerprint density at radius 1 is 0.938 bits per heavy atom. The van der Waals surface area contributed by atoms with Crippen LogP contribution < -0.4 is 0 Å². The van der Waals surface area contributed by atoms with Crippen LogP contribution in [0.5, 0.6) is 0 Å². The number of carbonyl (C=O) groups excluding carboxylic acids is 2. The smallest absolute Gasteiger partial charge is 0.338 e. The third-order valence-corrected chi connectivity index (χ3v) is 7.13. The summed E-state index contributed by atoms with van der Waals surface area (Å²) in [6.07, 6.45) is 4.75. The highest BCUT2D eigenvalue weighted by Crippen LogP contribution is 2.21. The van der Waals surface area contributed by atoms with Gasteiger partial charge in [-0.15, -0.1) is 0 Å².